The predicted octanol–water partition coefficient (Wildman–Crippen LogP) is 4.34. The monoisotopic (exact) mass is 314 g/mol. The maximum Gasteiger partial charge on any atom is 0.408 e. The number of nitrogens with zero attached hydrogens (tertiary/aromatic N) is 1. The van der Waals surface area contributed by atoms with Gasteiger partial charge in [-0.25, -0.2) is 4.79 Å². The molecule has 2 aromatic carbocycles. The van der Waals surface area contributed by atoms with Gasteiger partial charge in [-0.15, -0.1) is 0 Å². The van der Waals surface area contributed by atoms with Crippen molar-refractivity contribution >= 4 is 11.8 Å². The molecule has 23 heavy (non-hydrogen) atoms. The zero-order valence-electron chi connectivity index (χ0n) is 13.6. The lowest BCUT2D eigenvalue weighted by Gasteiger charge is -2.33. The second kappa shape index (κ2) is 6.60. The van der Waals surface area contributed by atoms with Crippen LogP contribution in [0.3, 0.4) is 0 Å². The Morgan fingerprint density at radius 2 is 1.74 bits per heavy atom. The minimum Gasteiger partial charge on any atom is -0.465 e. The summed E-state index contributed by atoms with van der Waals surface area (Å²) in [5.41, 5.74) is 6.86. The van der Waals surface area contributed by atoms with E-state index in [1.165, 1.54) is 4.90 Å². The first kappa shape index (κ1) is 16.7. The molecule has 0 bridgehead atoms. The third-order valence-electron chi connectivity index (χ3n) is 3.45. The molecule has 0 radical (unpaired) electrons. The lowest BCUT2D eigenvalue weighted by molar-refractivity contribution is 0.0955. The Bertz CT molecular complexity index is 675. The van der Waals surface area contributed by atoms with Crippen LogP contribution in [0, 0.1) is 0 Å². The fourth-order valence-electron chi connectivity index (χ4n) is 2.14. The van der Waals surface area contributed by atoms with Gasteiger partial charge in [-0.1, -0.05) is 24.3 Å². The minimum absolute atomic E-state index is 0.326. The molecule has 0 fully saturated rings. The van der Waals surface area contributed by atoms with Crippen LogP contribution in [0.5, 0.6) is 11.5 Å². The number of anilines is 1. The highest BCUT2D eigenvalue weighted by Gasteiger charge is 2.25. The highest BCUT2D eigenvalue weighted by Crippen LogP contribution is 2.27. The molecule has 0 saturated carbocycles. The summed E-state index contributed by atoms with van der Waals surface area (Å²) in [7, 11) is 0. The number of nitrogen functional groups attached to an aromatic ring is 1. The summed E-state index contributed by atoms with van der Waals surface area (Å²) in [5.74, 6) is 1.26. The normalized spacial score (nSPS) is 11.1. The van der Waals surface area contributed by atoms with Gasteiger partial charge in [0, 0.05) is 12.1 Å². The maximum absolute atomic E-state index is 11.4. The van der Waals surface area contributed by atoms with Crippen molar-refractivity contribution in [3.63, 3.8) is 0 Å². The minimum atomic E-state index is -0.935. The highest BCUT2D eigenvalue weighted by molar-refractivity contribution is 5.66. The number of hydrogen-bond acceptors (Lipinski definition) is 3. The Kier molecular flexibility index (Phi) is 4.79. The lowest BCUT2D eigenvalue weighted by atomic mass is 10.1. The summed E-state index contributed by atoms with van der Waals surface area (Å²) < 4.78 is 5.73. The average Bonchev–Trinajstić information content (AvgIpc) is 2.47. The summed E-state index contributed by atoms with van der Waals surface area (Å²) >= 11 is 0. The van der Waals surface area contributed by atoms with E-state index in [4.69, 9.17) is 10.5 Å². The van der Waals surface area contributed by atoms with Crippen molar-refractivity contribution in [2.45, 2.75) is 32.9 Å². The van der Waals surface area contributed by atoms with Crippen LogP contribution in [-0.2, 0) is 6.54 Å². The lowest BCUT2D eigenvalue weighted by Crippen LogP contribution is -2.44. The van der Waals surface area contributed by atoms with E-state index < -0.39 is 11.6 Å². The third kappa shape index (κ3) is 4.39. The molecule has 3 N–H and O–H groups in total. The molecule has 2 rings (SSSR count). The SMILES string of the molecule is CC(C)(C)N(Cc1ccc(Oc2ccccc2N)cc1)C(=O)O. The molecule has 0 saturated heterocycles. The molecule has 5 heteroatoms. The summed E-state index contributed by atoms with van der Waals surface area (Å²) in [6.07, 6.45) is -0.935. The number of carbonyl (C=O) groups is 1. The maximum atomic E-state index is 11.4. The van der Waals surface area contributed by atoms with Crippen molar-refractivity contribution in [2.24, 2.45) is 0 Å². The Balaban J connectivity index is 2.10. The third-order valence-corrected chi connectivity index (χ3v) is 3.45. The Labute approximate surface area is 136 Å². The smallest absolute Gasteiger partial charge is 0.408 e. The van der Waals surface area contributed by atoms with E-state index in [-0.39, 0.29) is 0 Å². The van der Waals surface area contributed by atoms with Gasteiger partial charge in [0.05, 0.1) is 5.69 Å². The number of ether oxygens (including phenoxy) is 1. The first-order valence-electron chi connectivity index (χ1n) is 7.39. The van der Waals surface area contributed by atoms with Gasteiger partial charge in [0.2, 0.25) is 0 Å². The summed E-state index contributed by atoms with van der Waals surface area (Å²) in [4.78, 5) is 12.8. The zero-order valence-corrected chi connectivity index (χ0v) is 13.6. The van der Waals surface area contributed by atoms with E-state index in [9.17, 15) is 9.90 Å². The van der Waals surface area contributed by atoms with Crippen molar-refractivity contribution in [3.8, 4) is 11.5 Å². The van der Waals surface area contributed by atoms with Gasteiger partial charge < -0.3 is 15.6 Å². The van der Waals surface area contributed by atoms with E-state index in [2.05, 4.69) is 0 Å². The molecule has 0 aliphatic heterocycles. The molecular formula is C18H22N2O3. The fourth-order valence-corrected chi connectivity index (χ4v) is 2.14. The Morgan fingerprint density at radius 3 is 2.26 bits per heavy atom. The molecule has 122 valence electrons. The van der Waals surface area contributed by atoms with Crippen molar-refractivity contribution in [2.75, 3.05) is 5.73 Å². The fraction of sp³-hybridized carbons (Fsp3) is 0.278. The standard InChI is InChI=1S/C18H22N2O3/c1-18(2,3)20(17(21)22)12-13-8-10-14(11-9-13)23-16-7-5-4-6-15(16)19/h4-11H,12,19H2,1-3H3,(H,21,22). The molecule has 2 aromatic rings. The second-order valence-electron chi connectivity index (χ2n) is 6.32. The molecule has 0 spiro atoms. The van der Waals surface area contributed by atoms with Crippen LogP contribution in [0.25, 0.3) is 0 Å². The van der Waals surface area contributed by atoms with Gasteiger partial charge in [0.15, 0.2) is 0 Å². The number of hydrogen-bond donors (Lipinski definition) is 2. The number of para-hydroxylation sites is 2. The van der Waals surface area contributed by atoms with Crippen LogP contribution in [0.2, 0.25) is 0 Å². The summed E-state index contributed by atoms with van der Waals surface area (Å²) in [6, 6.07) is 14.6. The van der Waals surface area contributed by atoms with Crippen LogP contribution < -0.4 is 10.5 Å². The molecule has 0 aliphatic carbocycles. The van der Waals surface area contributed by atoms with E-state index in [0.29, 0.717) is 23.7 Å². The molecule has 5 nitrogen and oxygen atoms in total. The number of amides is 1. The van der Waals surface area contributed by atoms with Crippen molar-refractivity contribution in [1.29, 1.82) is 0 Å². The number of benzene rings is 2. The Morgan fingerprint density at radius 1 is 1.13 bits per heavy atom. The topological polar surface area (TPSA) is 75.8 Å². The van der Waals surface area contributed by atoms with Gasteiger partial charge in [-0.3, -0.25) is 4.90 Å². The Hall–Kier alpha value is -2.69. The molecule has 0 aromatic heterocycles. The van der Waals surface area contributed by atoms with Gasteiger partial charge in [0.1, 0.15) is 11.5 Å². The van der Waals surface area contributed by atoms with Gasteiger partial charge in [-0.05, 0) is 50.6 Å². The quantitative estimate of drug-likeness (QED) is 0.823. The van der Waals surface area contributed by atoms with Crippen LogP contribution in [-0.4, -0.2) is 21.6 Å². The largest absolute Gasteiger partial charge is 0.465 e. The van der Waals surface area contributed by atoms with E-state index >= 15 is 0 Å². The van der Waals surface area contributed by atoms with E-state index in [1.807, 2.05) is 57.2 Å². The second-order valence-corrected chi connectivity index (χ2v) is 6.32. The van der Waals surface area contributed by atoms with Gasteiger partial charge in [0.25, 0.3) is 0 Å². The van der Waals surface area contributed by atoms with E-state index in [1.54, 1.807) is 12.1 Å². The van der Waals surface area contributed by atoms with Crippen molar-refractivity contribution < 1.29 is 14.6 Å². The van der Waals surface area contributed by atoms with E-state index in [0.717, 1.165) is 5.56 Å². The molecule has 1 amide bonds. The van der Waals surface area contributed by atoms with Crippen LogP contribution in [0.1, 0.15) is 26.3 Å². The van der Waals surface area contributed by atoms with Crippen LogP contribution in [0.15, 0.2) is 48.5 Å². The van der Waals surface area contributed by atoms with Gasteiger partial charge in [-0.2, -0.15) is 0 Å². The summed E-state index contributed by atoms with van der Waals surface area (Å²) in [6.45, 7) is 5.94. The number of rotatable bonds is 4. The number of nitrogens with two attached hydrogens (primary N) is 1. The van der Waals surface area contributed by atoms with Gasteiger partial charge >= 0.3 is 6.09 Å². The van der Waals surface area contributed by atoms with Crippen LogP contribution in [0.4, 0.5) is 10.5 Å². The first-order chi connectivity index (χ1) is 10.8. The molecule has 0 aliphatic rings. The molecular weight excluding hydrogens is 292 g/mol. The molecule has 0 heterocycles. The highest BCUT2D eigenvalue weighted by atomic mass is 16.5. The predicted molar refractivity (Wildman–Crippen MR) is 90.7 cm³/mol. The van der Waals surface area contributed by atoms with Crippen LogP contribution >= 0.6 is 0 Å². The number of carboxylic acid groups (broad SMARTS) is 1. The molecule has 0 atom stereocenters. The summed E-state index contributed by atoms with van der Waals surface area (Å²) in [5, 5.41) is 9.34. The van der Waals surface area contributed by atoms with Crippen molar-refractivity contribution in [1.82, 2.24) is 4.90 Å². The zero-order chi connectivity index (χ0) is 17.0. The average molecular weight is 314 g/mol. The van der Waals surface area contributed by atoms with Crippen molar-refractivity contribution in [3.05, 3.63) is 54.1 Å². The first-order valence-corrected chi connectivity index (χ1v) is 7.39. The molecule has 0 unspecified atom stereocenters.